The molecule has 3 rings (SSSR count). The zero-order chi connectivity index (χ0) is 13.9. The highest BCUT2D eigenvalue weighted by molar-refractivity contribution is 6.30. The first kappa shape index (κ1) is 14.3. The molecule has 1 aromatic carbocycles. The van der Waals surface area contributed by atoms with Crippen LogP contribution in [0, 0.1) is 11.7 Å². The highest BCUT2D eigenvalue weighted by Crippen LogP contribution is 2.23. The van der Waals surface area contributed by atoms with Crippen molar-refractivity contribution in [3.8, 4) is 0 Å². The van der Waals surface area contributed by atoms with E-state index in [1.165, 1.54) is 31.7 Å². The Bertz CT molecular complexity index is 454. The number of rotatable bonds is 5. The van der Waals surface area contributed by atoms with Crippen molar-refractivity contribution in [2.45, 2.75) is 38.3 Å². The molecule has 1 aromatic rings. The summed E-state index contributed by atoms with van der Waals surface area (Å²) in [6.07, 6.45) is 5.13. The molecular weight excluding hydrogens is 275 g/mol. The summed E-state index contributed by atoms with van der Waals surface area (Å²) >= 11 is 5.94. The normalized spacial score (nSPS) is 21.3. The second-order valence-corrected chi connectivity index (χ2v) is 6.57. The van der Waals surface area contributed by atoms with Crippen molar-refractivity contribution in [3.63, 3.8) is 0 Å². The molecule has 0 unspecified atom stereocenters. The monoisotopic (exact) mass is 296 g/mol. The summed E-state index contributed by atoms with van der Waals surface area (Å²) in [7, 11) is 0. The van der Waals surface area contributed by atoms with Gasteiger partial charge in [-0.2, -0.15) is 0 Å². The molecule has 110 valence electrons. The van der Waals surface area contributed by atoms with Gasteiger partial charge in [0.1, 0.15) is 5.82 Å². The van der Waals surface area contributed by atoms with Crippen molar-refractivity contribution >= 4 is 11.6 Å². The lowest BCUT2D eigenvalue weighted by atomic mass is 9.96. The first-order chi connectivity index (χ1) is 9.70. The highest BCUT2D eigenvalue weighted by Gasteiger charge is 2.24. The number of piperidine rings is 1. The summed E-state index contributed by atoms with van der Waals surface area (Å²) in [5.41, 5.74) is 0.715. The molecule has 1 N–H and O–H groups in total. The third-order valence-electron chi connectivity index (χ3n) is 4.38. The van der Waals surface area contributed by atoms with Crippen LogP contribution >= 0.6 is 11.6 Å². The van der Waals surface area contributed by atoms with Gasteiger partial charge in [-0.3, -0.25) is 4.90 Å². The molecule has 2 fully saturated rings. The van der Waals surface area contributed by atoms with Crippen LogP contribution < -0.4 is 5.32 Å². The quantitative estimate of drug-likeness (QED) is 0.895. The van der Waals surface area contributed by atoms with Gasteiger partial charge in [0.2, 0.25) is 0 Å². The van der Waals surface area contributed by atoms with E-state index >= 15 is 0 Å². The lowest BCUT2D eigenvalue weighted by Gasteiger charge is -2.32. The molecule has 1 aliphatic carbocycles. The minimum Gasteiger partial charge on any atom is -0.314 e. The van der Waals surface area contributed by atoms with Gasteiger partial charge in [-0.1, -0.05) is 11.6 Å². The van der Waals surface area contributed by atoms with E-state index in [2.05, 4.69) is 10.2 Å². The molecule has 2 aliphatic rings. The third-order valence-corrected chi connectivity index (χ3v) is 4.62. The van der Waals surface area contributed by atoms with Gasteiger partial charge < -0.3 is 5.32 Å². The van der Waals surface area contributed by atoms with E-state index in [1.54, 1.807) is 12.1 Å². The van der Waals surface area contributed by atoms with Crippen molar-refractivity contribution in [2.75, 3.05) is 19.6 Å². The van der Waals surface area contributed by atoms with E-state index in [0.29, 0.717) is 17.1 Å². The zero-order valence-corrected chi connectivity index (χ0v) is 12.5. The first-order valence-corrected chi connectivity index (χ1v) is 7.98. The lowest BCUT2D eigenvalue weighted by Crippen LogP contribution is -2.37. The molecule has 0 amide bonds. The SMILES string of the molecule is Fc1ccc(Cl)cc1CN1CCC(CNC2CC2)CC1. The van der Waals surface area contributed by atoms with E-state index in [4.69, 9.17) is 11.6 Å². The summed E-state index contributed by atoms with van der Waals surface area (Å²) < 4.78 is 13.7. The Hall–Kier alpha value is -0.640. The van der Waals surface area contributed by atoms with Gasteiger partial charge in [-0.05, 0) is 69.4 Å². The van der Waals surface area contributed by atoms with Crippen molar-refractivity contribution in [1.82, 2.24) is 10.2 Å². The van der Waals surface area contributed by atoms with E-state index in [-0.39, 0.29) is 5.82 Å². The van der Waals surface area contributed by atoms with Crippen LogP contribution in [0.2, 0.25) is 5.02 Å². The average molecular weight is 297 g/mol. The zero-order valence-electron chi connectivity index (χ0n) is 11.7. The van der Waals surface area contributed by atoms with E-state index in [1.807, 2.05) is 0 Å². The van der Waals surface area contributed by atoms with Crippen LogP contribution in [0.25, 0.3) is 0 Å². The van der Waals surface area contributed by atoms with E-state index in [0.717, 1.165) is 31.6 Å². The predicted molar refractivity (Wildman–Crippen MR) is 80.4 cm³/mol. The molecule has 1 aliphatic heterocycles. The van der Waals surface area contributed by atoms with Gasteiger partial charge in [0, 0.05) is 23.2 Å². The Labute approximate surface area is 125 Å². The third kappa shape index (κ3) is 3.94. The summed E-state index contributed by atoms with van der Waals surface area (Å²) in [4.78, 5) is 2.34. The van der Waals surface area contributed by atoms with E-state index in [9.17, 15) is 4.39 Å². The summed E-state index contributed by atoms with van der Waals surface area (Å²) in [6.45, 7) is 3.95. The fraction of sp³-hybridized carbons (Fsp3) is 0.625. The van der Waals surface area contributed by atoms with Gasteiger partial charge in [-0.15, -0.1) is 0 Å². The summed E-state index contributed by atoms with van der Waals surface area (Å²) in [5.74, 6) is 0.642. The van der Waals surface area contributed by atoms with Gasteiger partial charge in [0.25, 0.3) is 0 Å². The van der Waals surface area contributed by atoms with Gasteiger partial charge >= 0.3 is 0 Å². The molecule has 4 heteroatoms. The van der Waals surface area contributed by atoms with Crippen LogP contribution in [-0.2, 0) is 6.54 Å². The molecule has 20 heavy (non-hydrogen) atoms. The Kier molecular flexibility index (Phi) is 4.59. The van der Waals surface area contributed by atoms with Crippen LogP contribution in [0.4, 0.5) is 4.39 Å². The maximum Gasteiger partial charge on any atom is 0.127 e. The molecule has 0 bridgehead atoms. The maximum absolute atomic E-state index is 13.7. The topological polar surface area (TPSA) is 15.3 Å². The fourth-order valence-electron chi connectivity index (χ4n) is 2.87. The lowest BCUT2D eigenvalue weighted by molar-refractivity contribution is 0.173. The Morgan fingerprint density at radius 2 is 1.95 bits per heavy atom. The number of hydrogen-bond acceptors (Lipinski definition) is 2. The van der Waals surface area contributed by atoms with Crippen molar-refractivity contribution in [2.24, 2.45) is 5.92 Å². The number of hydrogen-bond donors (Lipinski definition) is 1. The molecule has 1 saturated carbocycles. The Balaban J connectivity index is 1.46. The largest absolute Gasteiger partial charge is 0.314 e. The second kappa shape index (κ2) is 6.42. The molecule has 1 heterocycles. The highest BCUT2D eigenvalue weighted by atomic mass is 35.5. The van der Waals surface area contributed by atoms with E-state index < -0.39 is 0 Å². The molecular formula is C16H22ClFN2. The fourth-order valence-corrected chi connectivity index (χ4v) is 3.07. The minimum absolute atomic E-state index is 0.146. The minimum atomic E-state index is -0.146. The smallest absolute Gasteiger partial charge is 0.127 e. The molecule has 0 atom stereocenters. The number of nitrogens with zero attached hydrogens (tertiary/aromatic N) is 1. The van der Waals surface area contributed by atoms with Crippen molar-refractivity contribution in [3.05, 3.63) is 34.6 Å². The summed E-state index contributed by atoms with van der Waals surface area (Å²) in [5, 5.41) is 4.23. The van der Waals surface area contributed by atoms with Crippen molar-refractivity contribution < 1.29 is 4.39 Å². The standard InChI is InChI=1S/C16H22ClFN2/c17-14-1-4-16(18)13(9-14)11-20-7-5-12(6-8-20)10-19-15-2-3-15/h1,4,9,12,15,19H,2-3,5-8,10-11H2. The van der Waals surface area contributed by atoms with Crippen LogP contribution in [0.5, 0.6) is 0 Å². The molecule has 0 aromatic heterocycles. The van der Waals surface area contributed by atoms with Crippen LogP contribution in [-0.4, -0.2) is 30.6 Å². The van der Waals surface area contributed by atoms with Gasteiger partial charge in [-0.25, -0.2) is 4.39 Å². The Morgan fingerprint density at radius 3 is 2.65 bits per heavy atom. The molecule has 2 nitrogen and oxygen atoms in total. The molecule has 1 saturated heterocycles. The number of benzene rings is 1. The number of halogens is 2. The predicted octanol–water partition coefficient (Wildman–Crippen LogP) is 3.44. The average Bonchev–Trinajstić information content (AvgIpc) is 3.26. The van der Waals surface area contributed by atoms with Gasteiger partial charge in [0.05, 0.1) is 0 Å². The summed E-state index contributed by atoms with van der Waals surface area (Å²) in [6, 6.07) is 5.62. The number of likely N-dealkylation sites (tertiary alicyclic amines) is 1. The number of nitrogens with one attached hydrogen (secondary N) is 1. The van der Waals surface area contributed by atoms with Gasteiger partial charge in [0.15, 0.2) is 0 Å². The second-order valence-electron chi connectivity index (χ2n) is 6.14. The molecule has 0 spiro atoms. The van der Waals surface area contributed by atoms with Crippen LogP contribution in [0.3, 0.4) is 0 Å². The Morgan fingerprint density at radius 1 is 1.20 bits per heavy atom. The first-order valence-electron chi connectivity index (χ1n) is 7.60. The molecule has 0 radical (unpaired) electrons. The van der Waals surface area contributed by atoms with Crippen LogP contribution in [0.1, 0.15) is 31.2 Å². The van der Waals surface area contributed by atoms with Crippen molar-refractivity contribution in [1.29, 1.82) is 0 Å². The van der Waals surface area contributed by atoms with Crippen LogP contribution in [0.15, 0.2) is 18.2 Å². The maximum atomic E-state index is 13.7.